The highest BCUT2D eigenvalue weighted by Crippen LogP contribution is 2.17. The van der Waals surface area contributed by atoms with Crippen LogP contribution in [-0.4, -0.2) is 5.91 Å². The molecular weight excluding hydrogens is 457 g/mol. The van der Waals surface area contributed by atoms with Gasteiger partial charge in [-0.25, -0.2) is 0 Å². The smallest absolute Gasteiger partial charge is 0.291 e. The van der Waals surface area contributed by atoms with Crippen LogP contribution in [0.1, 0.15) is 27.4 Å². The molecule has 0 radical (unpaired) electrons. The fraction of sp³-hybridized carbons (Fsp3) is 0.143. The highest BCUT2D eigenvalue weighted by Gasteiger charge is 2.20. The molecule has 0 fully saturated rings. The Hall–Kier alpha value is -2.61. The monoisotopic (exact) mass is 475 g/mol. The van der Waals surface area contributed by atoms with E-state index in [0.29, 0.717) is 12.3 Å². The van der Waals surface area contributed by atoms with Gasteiger partial charge in [-0.2, -0.15) is 0 Å². The number of aryl methyl sites for hydroxylation is 1. The summed E-state index contributed by atoms with van der Waals surface area (Å²) in [6.45, 7) is 2.12. The Bertz CT molecular complexity index is 981. The van der Waals surface area contributed by atoms with Crippen molar-refractivity contribution in [3.63, 3.8) is 0 Å². The van der Waals surface area contributed by atoms with Crippen LogP contribution in [-0.2, 0) is 13.2 Å². The minimum Gasteiger partial charge on any atom is -0.481 e. The van der Waals surface area contributed by atoms with Gasteiger partial charge in [0.05, 0.1) is 0 Å². The van der Waals surface area contributed by atoms with E-state index in [1.807, 2.05) is 54.6 Å². The van der Waals surface area contributed by atoms with Crippen molar-refractivity contribution >= 4 is 28.5 Å². The number of rotatable bonds is 6. The van der Waals surface area contributed by atoms with Gasteiger partial charge >= 0.3 is 0 Å². The van der Waals surface area contributed by atoms with Crippen LogP contribution in [0.25, 0.3) is 0 Å². The average Bonchev–Trinajstić information content (AvgIpc) is 2.67. The molecule has 0 aliphatic rings. The standard InChI is InChI=1S/C21H18INO4/c1-14-11-18(24)19(26-13-16-5-3-2-4-6-16)20(27-14)21(25)23-12-15-7-9-17(22)10-8-15/h2-11H,12-13H2,1H3,(H,23,25). The summed E-state index contributed by atoms with van der Waals surface area (Å²) in [4.78, 5) is 24.9. The largest absolute Gasteiger partial charge is 0.481 e. The van der Waals surface area contributed by atoms with E-state index < -0.39 is 5.91 Å². The molecule has 0 aliphatic carbocycles. The predicted molar refractivity (Wildman–Crippen MR) is 111 cm³/mol. The first kappa shape index (κ1) is 19.2. The quantitative estimate of drug-likeness (QED) is 0.547. The maximum atomic E-state index is 12.6. The average molecular weight is 475 g/mol. The molecule has 1 amide bonds. The number of ether oxygens (including phenoxy) is 1. The second-order valence-electron chi connectivity index (χ2n) is 5.96. The molecule has 3 rings (SSSR count). The van der Waals surface area contributed by atoms with Gasteiger partial charge in [-0.15, -0.1) is 0 Å². The summed E-state index contributed by atoms with van der Waals surface area (Å²) in [6, 6.07) is 18.5. The van der Waals surface area contributed by atoms with Gasteiger partial charge in [0.25, 0.3) is 5.91 Å². The van der Waals surface area contributed by atoms with Crippen molar-refractivity contribution in [2.75, 3.05) is 0 Å². The molecule has 5 nitrogen and oxygen atoms in total. The third kappa shape index (κ3) is 5.19. The second kappa shape index (κ2) is 8.85. The van der Waals surface area contributed by atoms with Crippen molar-refractivity contribution in [2.24, 2.45) is 0 Å². The van der Waals surface area contributed by atoms with E-state index in [1.165, 1.54) is 6.07 Å². The fourth-order valence-electron chi connectivity index (χ4n) is 2.48. The van der Waals surface area contributed by atoms with Crippen molar-refractivity contribution in [1.29, 1.82) is 0 Å². The predicted octanol–water partition coefficient (Wildman–Crippen LogP) is 4.06. The van der Waals surface area contributed by atoms with Crippen LogP contribution in [0.15, 0.2) is 69.9 Å². The van der Waals surface area contributed by atoms with E-state index in [0.717, 1.165) is 14.7 Å². The van der Waals surface area contributed by atoms with Crippen molar-refractivity contribution in [1.82, 2.24) is 5.32 Å². The van der Waals surface area contributed by atoms with Crippen molar-refractivity contribution in [3.8, 4) is 5.75 Å². The van der Waals surface area contributed by atoms with Crippen molar-refractivity contribution < 1.29 is 13.9 Å². The molecule has 0 aliphatic heterocycles. The SMILES string of the molecule is Cc1cc(=O)c(OCc2ccccc2)c(C(=O)NCc2ccc(I)cc2)o1. The molecule has 2 aromatic carbocycles. The maximum Gasteiger partial charge on any atom is 0.291 e. The number of amides is 1. The molecule has 138 valence electrons. The van der Waals surface area contributed by atoms with E-state index in [1.54, 1.807) is 6.92 Å². The van der Waals surface area contributed by atoms with Crippen LogP contribution in [0.3, 0.4) is 0 Å². The topological polar surface area (TPSA) is 68.5 Å². The van der Waals surface area contributed by atoms with Crippen LogP contribution >= 0.6 is 22.6 Å². The zero-order chi connectivity index (χ0) is 19.2. The molecule has 27 heavy (non-hydrogen) atoms. The van der Waals surface area contributed by atoms with E-state index >= 15 is 0 Å². The fourth-order valence-corrected chi connectivity index (χ4v) is 2.84. The van der Waals surface area contributed by atoms with Crippen molar-refractivity contribution in [2.45, 2.75) is 20.1 Å². The summed E-state index contributed by atoms with van der Waals surface area (Å²) in [5.74, 6) is -0.324. The summed E-state index contributed by atoms with van der Waals surface area (Å²) in [7, 11) is 0. The lowest BCUT2D eigenvalue weighted by Crippen LogP contribution is -2.25. The third-order valence-electron chi connectivity index (χ3n) is 3.83. The van der Waals surface area contributed by atoms with Crippen LogP contribution in [0.2, 0.25) is 0 Å². The molecule has 1 N–H and O–H groups in total. The molecule has 0 saturated carbocycles. The summed E-state index contributed by atoms with van der Waals surface area (Å²) in [5, 5.41) is 2.77. The van der Waals surface area contributed by atoms with Gasteiger partial charge in [0.15, 0.2) is 0 Å². The van der Waals surface area contributed by atoms with Crippen LogP contribution in [0.4, 0.5) is 0 Å². The number of carbonyl (C=O) groups excluding carboxylic acids is 1. The first-order valence-electron chi connectivity index (χ1n) is 8.37. The molecule has 3 aromatic rings. The molecule has 1 heterocycles. The normalized spacial score (nSPS) is 10.4. The zero-order valence-corrected chi connectivity index (χ0v) is 16.9. The Labute approximate surface area is 170 Å². The number of hydrogen-bond acceptors (Lipinski definition) is 4. The van der Waals surface area contributed by atoms with Gasteiger partial charge in [0, 0.05) is 16.2 Å². The number of carbonyl (C=O) groups is 1. The highest BCUT2D eigenvalue weighted by atomic mass is 127. The number of nitrogens with one attached hydrogen (secondary N) is 1. The Morgan fingerprint density at radius 1 is 1.07 bits per heavy atom. The molecule has 0 unspecified atom stereocenters. The van der Waals surface area contributed by atoms with Crippen LogP contribution in [0, 0.1) is 10.5 Å². The number of halogens is 1. The molecular formula is C21H18INO4. The van der Waals surface area contributed by atoms with Gasteiger partial charge in [0.2, 0.25) is 16.9 Å². The highest BCUT2D eigenvalue weighted by molar-refractivity contribution is 14.1. The van der Waals surface area contributed by atoms with Crippen molar-refractivity contribution in [3.05, 3.63) is 97.1 Å². The Balaban J connectivity index is 1.77. The lowest BCUT2D eigenvalue weighted by atomic mass is 10.2. The lowest BCUT2D eigenvalue weighted by Gasteiger charge is -2.11. The Kier molecular flexibility index (Phi) is 6.28. The van der Waals surface area contributed by atoms with Gasteiger partial charge in [-0.3, -0.25) is 9.59 Å². The van der Waals surface area contributed by atoms with Crippen LogP contribution in [0.5, 0.6) is 5.75 Å². The lowest BCUT2D eigenvalue weighted by molar-refractivity contribution is 0.0910. The minimum absolute atomic E-state index is 0.0791. The molecule has 0 saturated heterocycles. The van der Waals surface area contributed by atoms with Gasteiger partial charge in [-0.05, 0) is 52.8 Å². The van der Waals surface area contributed by atoms with Gasteiger partial charge in [-0.1, -0.05) is 42.5 Å². The zero-order valence-electron chi connectivity index (χ0n) is 14.7. The summed E-state index contributed by atoms with van der Waals surface area (Å²) >= 11 is 2.22. The number of hydrogen-bond donors (Lipinski definition) is 1. The maximum absolute atomic E-state index is 12.6. The number of benzene rings is 2. The second-order valence-corrected chi connectivity index (χ2v) is 7.21. The Morgan fingerprint density at radius 2 is 1.78 bits per heavy atom. The van der Waals surface area contributed by atoms with E-state index in [2.05, 4.69) is 27.9 Å². The molecule has 0 atom stereocenters. The van der Waals surface area contributed by atoms with E-state index in [4.69, 9.17) is 9.15 Å². The molecule has 1 aromatic heterocycles. The van der Waals surface area contributed by atoms with Gasteiger partial charge < -0.3 is 14.5 Å². The van der Waals surface area contributed by atoms with E-state index in [-0.39, 0.29) is 23.5 Å². The van der Waals surface area contributed by atoms with E-state index in [9.17, 15) is 9.59 Å². The minimum atomic E-state index is -0.489. The Morgan fingerprint density at radius 3 is 2.48 bits per heavy atom. The molecule has 0 spiro atoms. The molecule has 0 bridgehead atoms. The summed E-state index contributed by atoms with van der Waals surface area (Å²) in [6.07, 6.45) is 0. The summed E-state index contributed by atoms with van der Waals surface area (Å²) < 4.78 is 12.3. The third-order valence-corrected chi connectivity index (χ3v) is 4.55. The first-order chi connectivity index (χ1) is 13.0. The summed E-state index contributed by atoms with van der Waals surface area (Å²) in [5.41, 5.74) is 1.46. The molecule has 6 heteroatoms. The van der Waals surface area contributed by atoms with Gasteiger partial charge in [0.1, 0.15) is 12.4 Å². The first-order valence-corrected chi connectivity index (χ1v) is 9.45. The van der Waals surface area contributed by atoms with Crippen LogP contribution < -0.4 is 15.5 Å².